The van der Waals surface area contributed by atoms with Crippen molar-refractivity contribution < 1.29 is 23.4 Å². The first-order valence-electron chi connectivity index (χ1n) is 8.55. The fourth-order valence-electron chi connectivity index (χ4n) is 2.65. The van der Waals surface area contributed by atoms with E-state index in [0.29, 0.717) is 34.1 Å². The molecule has 1 N–H and O–H groups in total. The lowest BCUT2D eigenvalue weighted by molar-refractivity contribution is 0.0954. The highest BCUT2D eigenvalue weighted by Gasteiger charge is 2.17. The maximum Gasteiger partial charge on any atom is 0.271 e. The third kappa shape index (κ3) is 4.52. The second-order valence-corrected chi connectivity index (χ2v) is 6.16. The average Bonchev–Trinajstić information content (AvgIpc) is 3.13. The number of hydrogen-bond donors (Lipinski definition) is 1. The molecule has 1 aromatic heterocycles. The molecule has 0 atom stereocenters. The van der Waals surface area contributed by atoms with Crippen molar-refractivity contribution in [2.45, 2.75) is 0 Å². The summed E-state index contributed by atoms with van der Waals surface area (Å²) in [5.74, 6) is 1.28. The molecule has 0 fully saturated rings. The predicted octanol–water partition coefficient (Wildman–Crippen LogP) is 4.39. The Morgan fingerprint density at radius 1 is 1.03 bits per heavy atom. The number of ether oxygens (including phenoxy) is 3. The van der Waals surface area contributed by atoms with E-state index < -0.39 is 5.91 Å². The SMILES string of the molecule is COc1cc(C(=O)NN=Cc2cc(-c3ccccc3)oc2Cl)cc(OC)c1OC. The molecular formula is C21H19ClN2O5. The Labute approximate surface area is 172 Å². The van der Waals surface area contributed by atoms with Crippen LogP contribution in [-0.4, -0.2) is 33.5 Å². The molecule has 7 nitrogen and oxygen atoms in total. The fraction of sp³-hybridized carbons (Fsp3) is 0.143. The van der Waals surface area contributed by atoms with Gasteiger partial charge in [0, 0.05) is 11.1 Å². The molecule has 0 saturated heterocycles. The van der Waals surface area contributed by atoms with Crippen LogP contribution in [0.3, 0.4) is 0 Å². The summed E-state index contributed by atoms with van der Waals surface area (Å²) < 4.78 is 21.3. The summed E-state index contributed by atoms with van der Waals surface area (Å²) in [4.78, 5) is 12.4. The van der Waals surface area contributed by atoms with Gasteiger partial charge in [-0.05, 0) is 29.8 Å². The van der Waals surface area contributed by atoms with Crippen LogP contribution >= 0.6 is 11.6 Å². The number of nitrogens with one attached hydrogen (secondary N) is 1. The van der Waals surface area contributed by atoms with Gasteiger partial charge in [0.25, 0.3) is 5.91 Å². The van der Waals surface area contributed by atoms with Crippen LogP contribution in [0.15, 0.2) is 58.0 Å². The number of benzene rings is 2. The van der Waals surface area contributed by atoms with E-state index in [4.69, 9.17) is 30.2 Å². The fourth-order valence-corrected chi connectivity index (χ4v) is 2.84. The van der Waals surface area contributed by atoms with Crippen LogP contribution in [-0.2, 0) is 0 Å². The number of furan rings is 1. The van der Waals surface area contributed by atoms with Crippen molar-refractivity contribution in [2.75, 3.05) is 21.3 Å². The number of carbonyl (C=O) groups is 1. The van der Waals surface area contributed by atoms with E-state index in [0.717, 1.165) is 5.56 Å². The zero-order valence-corrected chi connectivity index (χ0v) is 16.8. The Balaban J connectivity index is 1.76. The minimum absolute atomic E-state index is 0.176. The van der Waals surface area contributed by atoms with Gasteiger partial charge in [-0.15, -0.1) is 0 Å². The van der Waals surface area contributed by atoms with Crippen LogP contribution in [0, 0.1) is 0 Å². The summed E-state index contributed by atoms with van der Waals surface area (Å²) in [7, 11) is 4.44. The van der Waals surface area contributed by atoms with E-state index in [1.807, 2.05) is 30.3 Å². The molecule has 0 aliphatic heterocycles. The van der Waals surface area contributed by atoms with Crippen LogP contribution in [0.2, 0.25) is 5.22 Å². The monoisotopic (exact) mass is 414 g/mol. The topological polar surface area (TPSA) is 82.3 Å². The Hall–Kier alpha value is -3.45. The van der Waals surface area contributed by atoms with Gasteiger partial charge in [-0.25, -0.2) is 5.43 Å². The normalized spacial score (nSPS) is 10.8. The second-order valence-electron chi connectivity index (χ2n) is 5.82. The molecule has 3 rings (SSSR count). The van der Waals surface area contributed by atoms with Crippen molar-refractivity contribution in [1.82, 2.24) is 5.43 Å². The van der Waals surface area contributed by atoms with Crippen LogP contribution in [0.25, 0.3) is 11.3 Å². The molecule has 150 valence electrons. The average molecular weight is 415 g/mol. The molecule has 3 aromatic rings. The third-order valence-electron chi connectivity index (χ3n) is 4.07. The summed E-state index contributed by atoms with van der Waals surface area (Å²) in [6.45, 7) is 0. The quantitative estimate of drug-likeness (QED) is 0.458. The van der Waals surface area contributed by atoms with Crippen LogP contribution < -0.4 is 19.6 Å². The highest BCUT2D eigenvalue weighted by molar-refractivity contribution is 6.31. The van der Waals surface area contributed by atoms with E-state index in [9.17, 15) is 4.79 Å². The van der Waals surface area contributed by atoms with Crippen LogP contribution in [0.1, 0.15) is 15.9 Å². The van der Waals surface area contributed by atoms with Crippen molar-refractivity contribution in [3.8, 4) is 28.6 Å². The van der Waals surface area contributed by atoms with Crippen molar-refractivity contribution >= 4 is 23.7 Å². The van der Waals surface area contributed by atoms with E-state index in [1.165, 1.54) is 39.7 Å². The summed E-state index contributed by atoms with van der Waals surface area (Å²) in [6, 6.07) is 14.3. The third-order valence-corrected chi connectivity index (χ3v) is 4.36. The summed E-state index contributed by atoms with van der Waals surface area (Å²) >= 11 is 6.12. The smallest absolute Gasteiger partial charge is 0.271 e. The molecule has 2 aromatic carbocycles. The number of amides is 1. The molecule has 0 spiro atoms. The number of hydrazone groups is 1. The van der Waals surface area contributed by atoms with Crippen molar-refractivity contribution in [3.05, 3.63) is 64.9 Å². The first kappa shape index (κ1) is 20.3. The molecular weight excluding hydrogens is 396 g/mol. The van der Waals surface area contributed by atoms with Gasteiger partial charge in [0.05, 0.1) is 33.1 Å². The Morgan fingerprint density at radius 3 is 2.28 bits per heavy atom. The number of rotatable bonds is 7. The lowest BCUT2D eigenvalue weighted by atomic mass is 10.1. The number of carbonyl (C=O) groups excluding carboxylic acids is 1. The Morgan fingerprint density at radius 2 is 1.69 bits per heavy atom. The number of hydrogen-bond acceptors (Lipinski definition) is 6. The Kier molecular flexibility index (Phi) is 6.41. The largest absolute Gasteiger partial charge is 0.493 e. The van der Waals surface area contributed by atoms with Gasteiger partial charge in [-0.1, -0.05) is 30.3 Å². The molecule has 0 aliphatic rings. The summed E-state index contributed by atoms with van der Waals surface area (Å²) in [6.07, 6.45) is 1.41. The zero-order valence-electron chi connectivity index (χ0n) is 16.1. The molecule has 8 heteroatoms. The van der Waals surface area contributed by atoms with Gasteiger partial charge in [-0.3, -0.25) is 4.79 Å². The summed E-state index contributed by atoms with van der Waals surface area (Å²) in [5.41, 5.74) is 4.16. The molecule has 1 heterocycles. The number of nitrogens with zero attached hydrogens (tertiary/aromatic N) is 1. The standard InChI is InChI=1S/C21H19ClN2O5/c1-26-17-9-14(10-18(27-2)19(17)28-3)21(25)24-23-12-15-11-16(29-20(15)22)13-7-5-4-6-8-13/h4-12H,1-3H3,(H,24,25). The minimum atomic E-state index is -0.455. The van der Waals surface area contributed by atoms with Gasteiger partial charge in [0.1, 0.15) is 5.76 Å². The van der Waals surface area contributed by atoms with Gasteiger partial charge in [0.2, 0.25) is 11.0 Å². The maximum atomic E-state index is 12.4. The lowest BCUT2D eigenvalue weighted by Gasteiger charge is -2.13. The molecule has 0 bridgehead atoms. The van der Waals surface area contributed by atoms with E-state index in [1.54, 1.807) is 6.07 Å². The molecule has 0 radical (unpaired) electrons. The number of methoxy groups -OCH3 is 3. The van der Waals surface area contributed by atoms with E-state index >= 15 is 0 Å². The predicted molar refractivity (Wildman–Crippen MR) is 110 cm³/mol. The zero-order chi connectivity index (χ0) is 20.8. The number of halogens is 1. The van der Waals surface area contributed by atoms with Gasteiger partial charge in [0.15, 0.2) is 11.5 Å². The molecule has 29 heavy (non-hydrogen) atoms. The summed E-state index contributed by atoms with van der Waals surface area (Å²) in [5, 5.41) is 4.13. The molecule has 0 aliphatic carbocycles. The molecule has 0 saturated carbocycles. The first-order valence-corrected chi connectivity index (χ1v) is 8.93. The van der Waals surface area contributed by atoms with Crippen molar-refractivity contribution in [3.63, 3.8) is 0 Å². The molecule has 1 amide bonds. The van der Waals surface area contributed by atoms with E-state index in [-0.39, 0.29) is 5.22 Å². The highest BCUT2D eigenvalue weighted by atomic mass is 35.5. The van der Waals surface area contributed by atoms with Gasteiger partial charge < -0.3 is 18.6 Å². The minimum Gasteiger partial charge on any atom is -0.493 e. The van der Waals surface area contributed by atoms with E-state index in [2.05, 4.69) is 10.5 Å². The molecule has 0 unspecified atom stereocenters. The van der Waals surface area contributed by atoms with Crippen LogP contribution in [0.5, 0.6) is 17.2 Å². The van der Waals surface area contributed by atoms with Gasteiger partial charge in [-0.2, -0.15) is 5.10 Å². The highest BCUT2D eigenvalue weighted by Crippen LogP contribution is 2.38. The van der Waals surface area contributed by atoms with Crippen molar-refractivity contribution in [2.24, 2.45) is 5.10 Å². The second kappa shape index (κ2) is 9.16. The maximum absolute atomic E-state index is 12.4. The van der Waals surface area contributed by atoms with Crippen molar-refractivity contribution in [1.29, 1.82) is 0 Å². The Bertz CT molecular complexity index is 1010. The first-order chi connectivity index (χ1) is 14.1. The van der Waals surface area contributed by atoms with Crippen LogP contribution in [0.4, 0.5) is 0 Å². The van der Waals surface area contributed by atoms with Gasteiger partial charge >= 0.3 is 0 Å². The lowest BCUT2D eigenvalue weighted by Crippen LogP contribution is -2.18.